The van der Waals surface area contributed by atoms with Crippen LogP contribution in [0.5, 0.6) is 0 Å². The number of aromatic carboxylic acids is 1. The first-order chi connectivity index (χ1) is 13.3. The highest BCUT2D eigenvalue weighted by Gasteiger charge is 2.29. The summed E-state index contributed by atoms with van der Waals surface area (Å²) in [5, 5.41) is 9.37. The molecule has 0 saturated carbocycles. The molecule has 1 aromatic carbocycles. The molecule has 8 heteroatoms. The lowest BCUT2D eigenvalue weighted by molar-refractivity contribution is 0.0695. The number of pyridine rings is 2. The van der Waals surface area contributed by atoms with Gasteiger partial charge in [0.05, 0.1) is 17.4 Å². The molecule has 1 saturated heterocycles. The van der Waals surface area contributed by atoms with E-state index in [0.29, 0.717) is 17.2 Å². The summed E-state index contributed by atoms with van der Waals surface area (Å²) in [5.74, 6) is -1.12. The van der Waals surface area contributed by atoms with Crippen molar-refractivity contribution < 1.29 is 14.3 Å². The molecule has 0 spiro atoms. The summed E-state index contributed by atoms with van der Waals surface area (Å²) in [5.41, 5.74) is -0.119. The summed E-state index contributed by atoms with van der Waals surface area (Å²) >= 11 is 0. The van der Waals surface area contributed by atoms with Crippen molar-refractivity contribution in [3.8, 4) is 5.69 Å². The molecule has 144 valence electrons. The predicted molar refractivity (Wildman–Crippen MR) is 104 cm³/mol. The fourth-order valence-electron chi connectivity index (χ4n) is 3.35. The van der Waals surface area contributed by atoms with E-state index in [1.54, 1.807) is 10.8 Å². The van der Waals surface area contributed by atoms with Gasteiger partial charge in [-0.1, -0.05) is 0 Å². The number of anilines is 1. The highest BCUT2D eigenvalue weighted by molar-refractivity contribution is 5.93. The Balaban J connectivity index is 1.76. The smallest absolute Gasteiger partial charge is 0.341 e. The van der Waals surface area contributed by atoms with Crippen LogP contribution >= 0.6 is 0 Å². The number of hydrogen-bond acceptors (Lipinski definition) is 5. The fourth-order valence-corrected chi connectivity index (χ4v) is 3.35. The molecule has 0 unspecified atom stereocenters. The van der Waals surface area contributed by atoms with Crippen molar-refractivity contribution in [2.24, 2.45) is 0 Å². The van der Waals surface area contributed by atoms with Crippen LogP contribution in [0, 0.1) is 5.82 Å². The summed E-state index contributed by atoms with van der Waals surface area (Å²) < 4.78 is 15.2. The van der Waals surface area contributed by atoms with E-state index in [4.69, 9.17) is 0 Å². The second-order valence-electron chi connectivity index (χ2n) is 7.11. The van der Waals surface area contributed by atoms with Crippen molar-refractivity contribution in [1.29, 1.82) is 0 Å². The number of carboxylic acid groups (broad SMARTS) is 1. The van der Waals surface area contributed by atoms with Crippen molar-refractivity contribution in [2.45, 2.75) is 6.04 Å². The first-order valence-corrected chi connectivity index (χ1v) is 8.81. The molecule has 1 aliphatic heterocycles. The Morgan fingerprint density at radius 1 is 1.25 bits per heavy atom. The summed E-state index contributed by atoms with van der Waals surface area (Å²) in [6, 6.07) is 7.92. The predicted octanol–water partition coefficient (Wildman–Crippen LogP) is 1.97. The molecule has 0 atom stereocenters. The number of nitrogens with zero attached hydrogens (tertiary/aromatic N) is 4. The lowest BCUT2D eigenvalue weighted by Gasteiger charge is -2.43. The normalized spacial score (nSPS) is 14.5. The molecule has 4 rings (SSSR count). The summed E-state index contributed by atoms with van der Waals surface area (Å²) in [7, 11) is 4.09. The maximum Gasteiger partial charge on any atom is 0.341 e. The van der Waals surface area contributed by atoms with Crippen molar-refractivity contribution in [3.05, 3.63) is 64.3 Å². The van der Waals surface area contributed by atoms with Crippen molar-refractivity contribution in [2.75, 3.05) is 32.1 Å². The van der Waals surface area contributed by atoms with Crippen LogP contribution in [0.2, 0.25) is 0 Å². The maximum atomic E-state index is 13.6. The van der Waals surface area contributed by atoms with Crippen LogP contribution in [0.3, 0.4) is 0 Å². The molecule has 0 aliphatic carbocycles. The third kappa shape index (κ3) is 3.01. The van der Waals surface area contributed by atoms with Crippen LogP contribution in [0.25, 0.3) is 16.6 Å². The minimum atomic E-state index is -1.36. The largest absolute Gasteiger partial charge is 0.477 e. The summed E-state index contributed by atoms with van der Waals surface area (Å²) in [6.45, 7) is 1.78. The number of likely N-dealkylation sites (N-methyl/N-ethyl adjacent to an activating group) is 1. The number of halogens is 1. The third-order valence-corrected chi connectivity index (χ3v) is 5.12. The molecule has 1 aliphatic rings. The summed E-state index contributed by atoms with van der Waals surface area (Å²) in [6.07, 6.45) is 2.88. The first kappa shape index (κ1) is 18.1. The Bertz CT molecular complexity index is 1120. The van der Waals surface area contributed by atoms with Crippen molar-refractivity contribution in [3.63, 3.8) is 0 Å². The first-order valence-electron chi connectivity index (χ1n) is 8.81. The van der Waals surface area contributed by atoms with E-state index >= 15 is 0 Å². The quantitative estimate of drug-likeness (QED) is 0.743. The van der Waals surface area contributed by atoms with Crippen LogP contribution in [0.1, 0.15) is 10.4 Å². The molecule has 7 nitrogen and oxygen atoms in total. The Kier molecular flexibility index (Phi) is 4.35. The zero-order valence-electron chi connectivity index (χ0n) is 15.5. The van der Waals surface area contributed by atoms with E-state index in [1.807, 2.05) is 26.2 Å². The van der Waals surface area contributed by atoms with Crippen LogP contribution in [-0.2, 0) is 0 Å². The average Bonchev–Trinajstić information content (AvgIpc) is 2.61. The second kappa shape index (κ2) is 6.72. The number of benzene rings is 1. The van der Waals surface area contributed by atoms with Crippen LogP contribution in [0.15, 0.2) is 47.5 Å². The lowest BCUT2D eigenvalue weighted by atomic mass is 10.1. The molecule has 1 fully saturated rings. The molecule has 0 bridgehead atoms. The van der Waals surface area contributed by atoms with E-state index in [2.05, 4.69) is 14.8 Å². The SMILES string of the molecule is CN(C)C1CN(c2ccc(-n3cc(C(=O)O)c(=O)c4cc(F)ccc43)cn2)C1. The Labute approximate surface area is 160 Å². The van der Waals surface area contributed by atoms with Crippen molar-refractivity contribution in [1.82, 2.24) is 14.5 Å². The molecule has 0 amide bonds. The zero-order chi connectivity index (χ0) is 20.0. The van der Waals surface area contributed by atoms with E-state index in [1.165, 1.54) is 18.3 Å². The van der Waals surface area contributed by atoms with Gasteiger partial charge in [-0.25, -0.2) is 14.2 Å². The summed E-state index contributed by atoms with van der Waals surface area (Å²) in [4.78, 5) is 32.7. The van der Waals surface area contributed by atoms with E-state index < -0.39 is 22.8 Å². The molecular weight excluding hydrogens is 363 g/mol. The standard InChI is InChI=1S/C20H19FN4O3/c1-23(2)14-9-24(10-14)18-6-4-13(8-22-18)25-11-16(20(27)28)19(26)15-7-12(21)3-5-17(15)25/h3-8,11,14H,9-10H2,1-2H3,(H,27,28). The Morgan fingerprint density at radius 2 is 2.00 bits per heavy atom. The highest BCUT2D eigenvalue weighted by Crippen LogP contribution is 2.23. The molecule has 0 radical (unpaired) electrons. The lowest BCUT2D eigenvalue weighted by Crippen LogP contribution is -2.57. The molecule has 3 heterocycles. The van der Waals surface area contributed by atoms with Gasteiger partial charge >= 0.3 is 5.97 Å². The number of rotatable bonds is 4. The van der Waals surface area contributed by atoms with Gasteiger partial charge in [0, 0.05) is 30.7 Å². The average molecular weight is 382 g/mol. The van der Waals surface area contributed by atoms with Gasteiger partial charge in [0.2, 0.25) is 5.43 Å². The fraction of sp³-hybridized carbons (Fsp3) is 0.250. The zero-order valence-corrected chi connectivity index (χ0v) is 15.5. The number of fused-ring (bicyclic) bond motifs is 1. The number of carbonyl (C=O) groups is 1. The number of aromatic nitrogens is 2. The molecule has 2 aromatic heterocycles. The monoisotopic (exact) mass is 382 g/mol. The van der Waals surface area contributed by atoms with Gasteiger partial charge in [0.1, 0.15) is 17.2 Å². The third-order valence-electron chi connectivity index (χ3n) is 5.12. The van der Waals surface area contributed by atoms with Gasteiger partial charge in [0.15, 0.2) is 0 Å². The highest BCUT2D eigenvalue weighted by atomic mass is 19.1. The van der Waals surface area contributed by atoms with Gasteiger partial charge < -0.3 is 19.5 Å². The van der Waals surface area contributed by atoms with E-state index in [0.717, 1.165) is 25.0 Å². The van der Waals surface area contributed by atoms with Gasteiger partial charge in [-0.2, -0.15) is 0 Å². The van der Waals surface area contributed by atoms with Crippen LogP contribution in [0.4, 0.5) is 10.2 Å². The van der Waals surface area contributed by atoms with Crippen molar-refractivity contribution >= 4 is 22.7 Å². The van der Waals surface area contributed by atoms with Crippen LogP contribution in [-0.4, -0.2) is 58.8 Å². The van der Waals surface area contributed by atoms with Gasteiger partial charge in [-0.3, -0.25) is 4.79 Å². The molecular formula is C20H19FN4O3. The molecule has 3 aromatic rings. The van der Waals surface area contributed by atoms with Gasteiger partial charge in [-0.05, 0) is 44.4 Å². The molecule has 1 N–H and O–H groups in total. The topological polar surface area (TPSA) is 78.7 Å². The minimum Gasteiger partial charge on any atom is -0.477 e. The Hall–Kier alpha value is -3.26. The van der Waals surface area contributed by atoms with E-state index in [-0.39, 0.29) is 5.39 Å². The Morgan fingerprint density at radius 3 is 2.61 bits per heavy atom. The van der Waals surface area contributed by atoms with Gasteiger partial charge in [-0.15, -0.1) is 0 Å². The van der Waals surface area contributed by atoms with Crippen LogP contribution < -0.4 is 10.3 Å². The second-order valence-corrected chi connectivity index (χ2v) is 7.11. The number of hydrogen-bond donors (Lipinski definition) is 1. The van der Waals surface area contributed by atoms with Gasteiger partial charge in [0.25, 0.3) is 0 Å². The maximum absolute atomic E-state index is 13.6. The number of carboxylic acids is 1. The molecule has 28 heavy (non-hydrogen) atoms. The minimum absolute atomic E-state index is 0.0144. The van der Waals surface area contributed by atoms with E-state index in [9.17, 15) is 19.1 Å².